The summed E-state index contributed by atoms with van der Waals surface area (Å²) in [4.78, 5) is 0.127. The van der Waals surface area contributed by atoms with Crippen molar-refractivity contribution in [3.05, 3.63) is 42.0 Å². The van der Waals surface area contributed by atoms with Crippen LogP contribution in [-0.4, -0.2) is 35.8 Å². The van der Waals surface area contributed by atoms with Crippen LogP contribution in [0.15, 0.2) is 41.3 Å². The van der Waals surface area contributed by atoms with Gasteiger partial charge in [-0.25, -0.2) is 8.42 Å². The molecule has 1 aliphatic rings. The summed E-state index contributed by atoms with van der Waals surface area (Å²) in [5, 5.41) is 0. The Morgan fingerprint density at radius 2 is 1.75 bits per heavy atom. The van der Waals surface area contributed by atoms with E-state index in [0.717, 1.165) is 5.56 Å². The Hall–Kier alpha value is -2.41. The van der Waals surface area contributed by atoms with Crippen LogP contribution in [0, 0.1) is 6.92 Å². The van der Waals surface area contributed by atoms with Gasteiger partial charge in [-0.15, -0.1) is 0 Å². The highest BCUT2D eigenvalue weighted by atomic mass is 32.2. The lowest BCUT2D eigenvalue weighted by Gasteiger charge is -2.24. The molecule has 0 saturated heterocycles. The summed E-state index contributed by atoms with van der Waals surface area (Å²) in [6.45, 7) is 2.77. The third-order valence-electron chi connectivity index (χ3n) is 3.85. The van der Waals surface area contributed by atoms with Crippen molar-refractivity contribution in [1.29, 1.82) is 0 Å². The molecule has 0 aromatic heterocycles. The van der Waals surface area contributed by atoms with Crippen molar-refractivity contribution in [3.63, 3.8) is 0 Å². The second-order valence-electron chi connectivity index (χ2n) is 5.45. The van der Waals surface area contributed by atoms with Crippen LogP contribution < -0.4 is 18.5 Å². The second-order valence-corrected chi connectivity index (χ2v) is 7.39. The number of rotatable bonds is 4. The van der Waals surface area contributed by atoms with Gasteiger partial charge in [0.2, 0.25) is 0 Å². The Labute approximate surface area is 141 Å². The van der Waals surface area contributed by atoms with Crippen LogP contribution in [-0.2, 0) is 10.0 Å². The highest BCUT2D eigenvalue weighted by molar-refractivity contribution is 7.92. The van der Waals surface area contributed by atoms with Crippen molar-refractivity contribution < 1.29 is 22.6 Å². The first-order chi connectivity index (χ1) is 11.4. The number of ether oxygens (including phenoxy) is 3. The zero-order valence-electron chi connectivity index (χ0n) is 13.8. The fraction of sp³-hybridized carbons (Fsp3) is 0.294. The van der Waals surface area contributed by atoms with Crippen molar-refractivity contribution in [2.45, 2.75) is 11.8 Å². The number of aryl methyl sites for hydroxylation is 1. The number of hydrogen-bond acceptors (Lipinski definition) is 5. The van der Waals surface area contributed by atoms with E-state index in [4.69, 9.17) is 14.2 Å². The molecule has 0 radical (unpaired) electrons. The van der Waals surface area contributed by atoms with Gasteiger partial charge in [-0.3, -0.25) is 4.31 Å². The van der Waals surface area contributed by atoms with Gasteiger partial charge in [-0.2, -0.15) is 0 Å². The van der Waals surface area contributed by atoms with Crippen LogP contribution in [0.25, 0.3) is 0 Å². The molecule has 0 saturated carbocycles. The third kappa shape index (κ3) is 2.87. The van der Waals surface area contributed by atoms with E-state index in [-0.39, 0.29) is 4.90 Å². The molecular weight excluding hydrogens is 330 g/mol. The number of fused-ring (bicyclic) bond motifs is 1. The molecule has 1 aliphatic heterocycles. The zero-order chi connectivity index (χ0) is 17.3. The molecule has 0 N–H and O–H groups in total. The van der Waals surface area contributed by atoms with Crippen LogP contribution in [0.4, 0.5) is 5.69 Å². The van der Waals surface area contributed by atoms with E-state index in [1.807, 2.05) is 13.0 Å². The minimum atomic E-state index is -3.77. The lowest BCUT2D eigenvalue weighted by molar-refractivity contribution is 0.171. The Kier molecular flexibility index (Phi) is 4.28. The predicted molar refractivity (Wildman–Crippen MR) is 90.8 cm³/mol. The van der Waals surface area contributed by atoms with Gasteiger partial charge in [0.25, 0.3) is 10.0 Å². The maximum absolute atomic E-state index is 13.0. The second kappa shape index (κ2) is 6.24. The van der Waals surface area contributed by atoms with Gasteiger partial charge in [-0.05, 0) is 36.8 Å². The summed E-state index contributed by atoms with van der Waals surface area (Å²) in [5.74, 6) is 1.46. The lowest BCUT2D eigenvalue weighted by atomic mass is 10.2. The average molecular weight is 349 g/mol. The SMILES string of the molecule is COc1ccc(C)cc1S(=O)(=O)N(C)c1ccc2c(c1)OCCO2. The molecule has 0 unspecified atom stereocenters. The Balaban J connectivity index is 2.02. The molecule has 7 heteroatoms. The average Bonchev–Trinajstić information content (AvgIpc) is 2.60. The monoisotopic (exact) mass is 349 g/mol. The van der Waals surface area contributed by atoms with E-state index in [0.29, 0.717) is 36.1 Å². The highest BCUT2D eigenvalue weighted by Crippen LogP contribution is 2.36. The summed E-state index contributed by atoms with van der Waals surface area (Å²) >= 11 is 0. The van der Waals surface area contributed by atoms with Gasteiger partial charge in [-0.1, -0.05) is 6.07 Å². The van der Waals surface area contributed by atoms with Crippen molar-refractivity contribution in [2.24, 2.45) is 0 Å². The van der Waals surface area contributed by atoms with E-state index in [9.17, 15) is 8.42 Å². The zero-order valence-corrected chi connectivity index (χ0v) is 14.6. The Morgan fingerprint density at radius 3 is 2.46 bits per heavy atom. The van der Waals surface area contributed by atoms with Crippen molar-refractivity contribution in [3.8, 4) is 17.2 Å². The third-order valence-corrected chi connectivity index (χ3v) is 5.65. The number of nitrogens with zero attached hydrogens (tertiary/aromatic N) is 1. The van der Waals surface area contributed by atoms with Gasteiger partial charge in [0, 0.05) is 13.1 Å². The maximum atomic E-state index is 13.0. The largest absolute Gasteiger partial charge is 0.495 e. The van der Waals surface area contributed by atoms with E-state index in [1.54, 1.807) is 30.3 Å². The van der Waals surface area contributed by atoms with Crippen molar-refractivity contribution in [1.82, 2.24) is 0 Å². The number of anilines is 1. The topological polar surface area (TPSA) is 65.1 Å². The molecular formula is C17H19NO5S. The molecule has 1 heterocycles. The first-order valence-electron chi connectivity index (χ1n) is 7.46. The quantitative estimate of drug-likeness (QED) is 0.849. The smallest absolute Gasteiger partial charge is 0.267 e. The molecule has 128 valence electrons. The van der Waals surface area contributed by atoms with E-state index in [1.165, 1.54) is 18.5 Å². The Morgan fingerprint density at radius 1 is 1.04 bits per heavy atom. The summed E-state index contributed by atoms with van der Waals surface area (Å²) in [5.41, 5.74) is 1.33. The summed E-state index contributed by atoms with van der Waals surface area (Å²) in [6.07, 6.45) is 0. The molecule has 0 atom stereocenters. The van der Waals surface area contributed by atoms with Crippen LogP contribution in [0.2, 0.25) is 0 Å². The number of benzene rings is 2. The molecule has 0 spiro atoms. The molecule has 0 amide bonds. The van der Waals surface area contributed by atoms with E-state index in [2.05, 4.69) is 0 Å². The molecule has 0 aliphatic carbocycles. The fourth-order valence-electron chi connectivity index (χ4n) is 2.50. The van der Waals surface area contributed by atoms with Crippen LogP contribution in [0.1, 0.15) is 5.56 Å². The van der Waals surface area contributed by atoms with Gasteiger partial charge < -0.3 is 14.2 Å². The van der Waals surface area contributed by atoms with Crippen LogP contribution >= 0.6 is 0 Å². The van der Waals surface area contributed by atoms with Gasteiger partial charge in [0.1, 0.15) is 23.9 Å². The van der Waals surface area contributed by atoms with Gasteiger partial charge in [0.15, 0.2) is 11.5 Å². The standard InChI is InChI=1S/C17H19NO5S/c1-12-4-6-15(21-3)17(10-12)24(19,20)18(2)13-5-7-14-16(11-13)23-9-8-22-14/h4-7,10-11H,8-9H2,1-3H3. The van der Waals surface area contributed by atoms with Gasteiger partial charge in [0.05, 0.1) is 12.8 Å². The summed E-state index contributed by atoms with van der Waals surface area (Å²) < 4.78 is 43.4. The molecule has 2 aromatic carbocycles. The van der Waals surface area contributed by atoms with E-state index >= 15 is 0 Å². The van der Waals surface area contributed by atoms with Gasteiger partial charge >= 0.3 is 0 Å². The minimum absolute atomic E-state index is 0.127. The molecule has 24 heavy (non-hydrogen) atoms. The van der Waals surface area contributed by atoms with Crippen molar-refractivity contribution in [2.75, 3.05) is 31.7 Å². The van der Waals surface area contributed by atoms with Crippen molar-refractivity contribution >= 4 is 15.7 Å². The lowest BCUT2D eigenvalue weighted by Crippen LogP contribution is -2.27. The summed E-state index contributed by atoms with van der Waals surface area (Å²) in [7, 11) is -0.817. The minimum Gasteiger partial charge on any atom is -0.495 e. The first kappa shape index (κ1) is 16.4. The predicted octanol–water partition coefficient (Wildman–Crippen LogP) is 2.60. The number of sulfonamides is 1. The number of hydrogen-bond donors (Lipinski definition) is 0. The number of methoxy groups -OCH3 is 1. The van der Waals surface area contributed by atoms with Crippen LogP contribution in [0.3, 0.4) is 0 Å². The fourth-order valence-corrected chi connectivity index (χ4v) is 3.93. The molecule has 2 aromatic rings. The summed E-state index contributed by atoms with van der Waals surface area (Å²) in [6, 6.07) is 10.1. The van der Waals surface area contributed by atoms with Crippen LogP contribution in [0.5, 0.6) is 17.2 Å². The first-order valence-corrected chi connectivity index (χ1v) is 8.90. The molecule has 6 nitrogen and oxygen atoms in total. The molecule has 0 fully saturated rings. The maximum Gasteiger partial charge on any atom is 0.267 e. The Bertz CT molecular complexity index is 863. The molecule has 3 rings (SSSR count). The molecule has 0 bridgehead atoms. The highest BCUT2D eigenvalue weighted by Gasteiger charge is 2.26. The van der Waals surface area contributed by atoms with E-state index < -0.39 is 10.0 Å². The normalized spacial score (nSPS) is 13.5.